The molecule has 30 heteroatoms. The lowest BCUT2D eigenvalue weighted by Gasteiger charge is -2.39. The van der Waals surface area contributed by atoms with E-state index in [-0.39, 0.29) is 61.8 Å². The van der Waals surface area contributed by atoms with Crippen molar-refractivity contribution < 1.29 is 68.6 Å². The van der Waals surface area contributed by atoms with Crippen molar-refractivity contribution >= 4 is 101 Å². The fourth-order valence-electron chi connectivity index (χ4n) is 13.6. The topological polar surface area (TPSA) is 270 Å². The molecule has 5 aromatic carbocycles. The number of ether oxygens (including phenoxy) is 2. The summed E-state index contributed by atoms with van der Waals surface area (Å²) in [5.74, 6) is -2.71. The smallest absolute Gasteiger partial charge is 0.391 e. The first-order valence-electron chi connectivity index (χ1n) is 35.5. The van der Waals surface area contributed by atoms with Crippen molar-refractivity contribution in [2.24, 2.45) is 10.8 Å². The molecule has 3 aliphatic heterocycles. The van der Waals surface area contributed by atoms with Gasteiger partial charge in [-0.3, -0.25) is 33.8 Å². The fraction of sp³-hybridized carbons (Fsp3) is 0.474. The van der Waals surface area contributed by atoms with Gasteiger partial charge >= 0.3 is 5.51 Å². The average Bonchev–Trinajstić information content (AvgIpc) is 1.45. The summed E-state index contributed by atoms with van der Waals surface area (Å²) in [6.45, 7) is 18.4. The van der Waals surface area contributed by atoms with E-state index >= 15 is 0 Å². The zero-order valence-corrected chi connectivity index (χ0v) is 64.6. The van der Waals surface area contributed by atoms with Crippen LogP contribution in [0.5, 0.6) is 0 Å². The number of piperazine rings is 2. The molecular formula is C76H94ClF3N10O12S4. The minimum Gasteiger partial charge on any atom is -0.391 e. The molecule has 4 aliphatic rings. The highest BCUT2D eigenvalue weighted by Gasteiger charge is 2.49. The number of nitrogens with one attached hydrogen (secondary N) is 4. The maximum Gasteiger partial charge on any atom is 0.501 e. The molecule has 3 saturated heterocycles. The molecule has 1 aromatic heterocycles. The number of thioether (sulfide) groups is 1. The summed E-state index contributed by atoms with van der Waals surface area (Å²) in [5, 5.41) is 20.2. The summed E-state index contributed by atoms with van der Waals surface area (Å²) in [7, 11) is -11.2. The van der Waals surface area contributed by atoms with Crippen LogP contribution in [0, 0.1) is 17.8 Å². The second kappa shape index (κ2) is 35.3. The van der Waals surface area contributed by atoms with Crippen LogP contribution in [0.2, 0.25) is 5.02 Å². The normalized spacial score (nSPS) is 18.6. The Morgan fingerprint density at radius 1 is 0.802 bits per heavy atom. The van der Waals surface area contributed by atoms with Crippen molar-refractivity contribution in [3.05, 3.63) is 160 Å². The SMILES string of the molecule is Cc1ncsc1-c1ccc([C@H](C)NC(=O)[C@@H]2C[C@@H](O)CN2C(=O)C(NC(=O)COCCOCC(=O)N2CCN(CCC(CSc3ccccc3)Nc3ccc(S(=O)(=O)NC(=O)c4ccc(N5CCN(CC6=C(c7ccc(Cl)cc7)CCC(C)(C)C6)CC5)cc4)cc3S(=O)(=O)C(F)(F)F)CC2)C(C)(C)C)cc1. The Kier molecular flexibility index (Phi) is 27.0. The van der Waals surface area contributed by atoms with E-state index in [0.29, 0.717) is 56.9 Å². The number of amides is 5. The maximum atomic E-state index is 14.6. The quantitative estimate of drug-likeness (QED) is 0.0216. The average molecular weight is 1560 g/mol. The number of allylic oxidation sites excluding steroid dienone is 1. The number of hydrogen-bond acceptors (Lipinski definition) is 19. The molecule has 5 atom stereocenters. The Bertz CT molecular complexity index is 4320. The summed E-state index contributed by atoms with van der Waals surface area (Å²) < 4.78 is 111. The number of aliphatic hydroxyl groups is 1. The molecule has 0 spiro atoms. The molecule has 572 valence electrons. The van der Waals surface area contributed by atoms with Crippen LogP contribution >= 0.6 is 34.7 Å². The molecule has 10 rings (SSSR count). The van der Waals surface area contributed by atoms with E-state index in [4.69, 9.17) is 21.1 Å². The van der Waals surface area contributed by atoms with E-state index in [1.807, 2.05) is 85.3 Å². The molecule has 3 fully saturated rings. The molecule has 22 nitrogen and oxygen atoms in total. The van der Waals surface area contributed by atoms with Crippen LogP contribution in [-0.4, -0.2) is 210 Å². The number of carbonyl (C=O) groups is 5. The van der Waals surface area contributed by atoms with E-state index in [2.05, 4.69) is 61.6 Å². The van der Waals surface area contributed by atoms with Crippen molar-refractivity contribution in [1.82, 2.24) is 39.9 Å². The highest BCUT2D eigenvalue weighted by atomic mass is 35.5. The van der Waals surface area contributed by atoms with Crippen LogP contribution in [0.25, 0.3) is 16.0 Å². The molecular weight excluding hydrogens is 1470 g/mol. The first-order valence-corrected chi connectivity index (χ1v) is 40.7. The van der Waals surface area contributed by atoms with Crippen LogP contribution < -0.4 is 25.6 Å². The molecule has 0 radical (unpaired) electrons. The number of likely N-dealkylation sites (tertiary alicyclic amines) is 1. The van der Waals surface area contributed by atoms with Gasteiger partial charge in [0.05, 0.1) is 52.0 Å². The molecule has 0 bridgehead atoms. The van der Waals surface area contributed by atoms with Crippen LogP contribution in [-0.2, 0) is 48.5 Å². The third kappa shape index (κ3) is 21.3. The third-order valence-corrected chi connectivity index (χ3v) is 25.0. The number of sulfone groups is 1. The van der Waals surface area contributed by atoms with Gasteiger partial charge in [0.1, 0.15) is 30.2 Å². The standard InChI is InChI=1S/C76H94ClF3N10O12S4/c1-50(52-13-15-54(16-14-52)69-51(2)81-49-104-69)82-72(95)65-41-60(91)45-90(65)73(96)70(74(3,4)5)84-67(92)46-101-39-40-102-47-68(93)89-37-31-86(32-38-89)30-28-58(48-103-61-11-9-8-10-12-61)83-64-26-25-62(42-66(64)105(97,98)76(78,79)80)106(99,100)85-71(94)55-19-23-59(24-20-55)88-35-33-87(34-36-88)44-56-43-75(6,7)29-27-63(56)53-17-21-57(77)22-18-53/h8-26,42,49-50,58,60,65,70,83,91H,27-41,43-48H2,1-7H3,(H,82,95)(H,84,92)(H,85,94)/t50-,58?,60+,65-,70?/m0/s1. The highest BCUT2D eigenvalue weighted by Crippen LogP contribution is 2.44. The lowest BCUT2D eigenvalue weighted by Crippen LogP contribution is -2.58. The van der Waals surface area contributed by atoms with E-state index in [1.54, 1.807) is 54.7 Å². The number of anilines is 2. The van der Waals surface area contributed by atoms with Gasteiger partial charge in [-0.25, -0.2) is 26.5 Å². The van der Waals surface area contributed by atoms with E-state index in [0.717, 1.165) is 83.3 Å². The van der Waals surface area contributed by atoms with Crippen molar-refractivity contribution in [2.45, 2.75) is 131 Å². The predicted molar refractivity (Wildman–Crippen MR) is 406 cm³/mol. The summed E-state index contributed by atoms with van der Waals surface area (Å²) in [5.41, 5.74) is 2.35. The molecule has 4 heterocycles. The van der Waals surface area contributed by atoms with E-state index in [1.165, 1.54) is 45.5 Å². The highest BCUT2D eigenvalue weighted by molar-refractivity contribution is 7.99. The zero-order valence-electron chi connectivity index (χ0n) is 60.6. The van der Waals surface area contributed by atoms with E-state index < -0.39 is 107 Å². The number of aliphatic hydroxyl groups excluding tert-OH is 1. The summed E-state index contributed by atoms with van der Waals surface area (Å²) in [6, 6.07) is 30.4. The number of sulfonamides is 1. The van der Waals surface area contributed by atoms with Gasteiger partial charge in [0.2, 0.25) is 23.6 Å². The Hall–Kier alpha value is -7.45. The molecule has 2 unspecified atom stereocenters. The van der Waals surface area contributed by atoms with Crippen LogP contribution in [0.3, 0.4) is 0 Å². The summed E-state index contributed by atoms with van der Waals surface area (Å²) in [6.07, 6.45) is 2.40. The lowest BCUT2D eigenvalue weighted by atomic mass is 9.73. The van der Waals surface area contributed by atoms with Gasteiger partial charge in [-0.05, 0) is 139 Å². The van der Waals surface area contributed by atoms with Crippen LogP contribution in [0.4, 0.5) is 24.5 Å². The number of nitrogens with zero attached hydrogens (tertiary/aromatic N) is 6. The number of rotatable bonds is 29. The first-order chi connectivity index (χ1) is 50.2. The van der Waals surface area contributed by atoms with Gasteiger partial charge in [-0.1, -0.05) is 106 Å². The molecule has 6 aromatic rings. The first kappa shape index (κ1) is 81.1. The van der Waals surface area contributed by atoms with Gasteiger partial charge in [0, 0.05) is 111 Å². The lowest BCUT2D eigenvalue weighted by molar-refractivity contribution is -0.145. The number of aryl methyl sites for hydroxylation is 1. The second-order valence-electron chi connectivity index (χ2n) is 29.2. The Morgan fingerprint density at radius 2 is 1.45 bits per heavy atom. The third-order valence-electron chi connectivity index (χ3n) is 19.7. The van der Waals surface area contributed by atoms with Crippen molar-refractivity contribution in [2.75, 3.05) is 114 Å². The van der Waals surface area contributed by atoms with Crippen molar-refractivity contribution in [3.8, 4) is 10.4 Å². The predicted octanol–water partition coefficient (Wildman–Crippen LogP) is 10.5. The number of hydrogen-bond donors (Lipinski definition) is 5. The maximum absolute atomic E-state index is 14.6. The van der Waals surface area contributed by atoms with Gasteiger partial charge < -0.3 is 45.2 Å². The van der Waals surface area contributed by atoms with Crippen LogP contribution in [0.15, 0.2) is 147 Å². The number of alkyl halides is 3. The molecule has 5 amide bonds. The minimum absolute atomic E-state index is 0.0191. The van der Waals surface area contributed by atoms with Gasteiger partial charge in [-0.15, -0.1) is 23.1 Å². The Morgan fingerprint density at radius 3 is 2.09 bits per heavy atom. The number of β-amino-alcohol motifs (C(OH)–C–C–N with tert-alkyl or cyclic N) is 1. The molecule has 1 aliphatic carbocycles. The largest absolute Gasteiger partial charge is 0.501 e. The number of aromatic nitrogens is 1. The van der Waals surface area contributed by atoms with E-state index in [9.17, 15) is 59.1 Å². The van der Waals surface area contributed by atoms with Gasteiger partial charge in [0.15, 0.2) is 0 Å². The van der Waals surface area contributed by atoms with Crippen molar-refractivity contribution in [3.63, 3.8) is 0 Å². The zero-order chi connectivity index (χ0) is 76.3. The summed E-state index contributed by atoms with van der Waals surface area (Å²) in [4.78, 5) is 81.8. The Balaban J connectivity index is 0.680. The minimum atomic E-state index is -6.20. The second-order valence-corrected chi connectivity index (χ2v) is 35.2. The molecule has 5 N–H and O–H groups in total. The monoisotopic (exact) mass is 1560 g/mol. The number of carbonyl (C=O) groups excluding carboxylic acids is 5. The van der Waals surface area contributed by atoms with Crippen LogP contribution in [0.1, 0.15) is 107 Å². The summed E-state index contributed by atoms with van der Waals surface area (Å²) >= 11 is 9.14. The number of halogens is 4. The number of thiazole rings is 1. The number of benzene rings is 5. The van der Waals surface area contributed by atoms with Crippen molar-refractivity contribution in [1.29, 1.82) is 0 Å². The van der Waals surface area contributed by atoms with Gasteiger partial charge in [0.25, 0.3) is 25.8 Å². The molecule has 0 saturated carbocycles. The fourth-order valence-corrected chi connectivity index (χ4v) is 17.6. The van der Waals surface area contributed by atoms with Gasteiger partial charge in [-0.2, -0.15) is 13.2 Å². The molecule has 106 heavy (non-hydrogen) atoms. The Labute approximate surface area is 632 Å².